The van der Waals surface area contributed by atoms with E-state index < -0.39 is 0 Å². The third kappa shape index (κ3) is 2.36. The second kappa shape index (κ2) is 4.74. The molecule has 0 amide bonds. The SMILES string of the molecule is CCC(C)Nc1cnn(-c2ncccn2)c1. The largest absolute Gasteiger partial charge is 0.380 e. The van der Waals surface area contributed by atoms with E-state index in [1.807, 2.05) is 6.20 Å². The Morgan fingerprint density at radius 1 is 1.38 bits per heavy atom. The monoisotopic (exact) mass is 217 g/mol. The van der Waals surface area contributed by atoms with Crippen molar-refractivity contribution in [2.24, 2.45) is 0 Å². The summed E-state index contributed by atoms with van der Waals surface area (Å²) in [6, 6.07) is 2.22. The van der Waals surface area contributed by atoms with Crippen LogP contribution in [0.2, 0.25) is 0 Å². The predicted octanol–water partition coefficient (Wildman–Crippen LogP) is 1.87. The summed E-state index contributed by atoms with van der Waals surface area (Å²) in [4.78, 5) is 8.25. The molecule has 1 atom stereocenters. The lowest BCUT2D eigenvalue weighted by Gasteiger charge is -2.09. The van der Waals surface area contributed by atoms with E-state index in [9.17, 15) is 0 Å². The van der Waals surface area contributed by atoms with Gasteiger partial charge in [0.2, 0.25) is 5.95 Å². The predicted molar refractivity (Wildman–Crippen MR) is 62.5 cm³/mol. The second-order valence-corrected chi connectivity index (χ2v) is 3.68. The highest BCUT2D eigenvalue weighted by Crippen LogP contribution is 2.10. The first-order chi connectivity index (χ1) is 7.79. The van der Waals surface area contributed by atoms with Gasteiger partial charge in [0.25, 0.3) is 0 Å². The number of rotatable bonds is 4. The van der Waals surface area contributed by atoms with E-state index in [-0.39, 0.29) is 0 Å². The van der Waals surface area contributed by atoms with E-state index in [1.54, 1.807) is 29.3 Å². The number of hydrogen-bond donors (Lipinski definition) is 1. The van der Waals surface area contributed by atoms with Crippen LogP contribution in [0, 0.1) is 0 Å². The van der Waals surface area contributed by atoms with Gasteiger partial charge in [0, 0.05) is 18.4 Å². The first-order valence-corrected chi connectivity index (χ1v) is 5.38. The smallest absolute Gasteiger partial charge is 0.250 e. The Morgan fingerprint density at radius 3 is 2.81 bits per heavy atom. The summed E-state index contributed by atoms with van der Waals surface area (Å²) in [6.07, 6.45) is 8.15. The third-order valence-corrected chi connectivity index (χ3v) is 2.37. The minimum Gasteiger partial charge on any atom is -0.380 e. The quantitative estimate of drug-likeness (QED) is 0.849. The third-order valence-electron chi connectivity index (χ3n) is 2.37. The second-order valence-electron chi connectivity index (χ2n) is 3.68. The van der Waals surface area contributed by atoms with Crippen molar-refractivity contribution in [3.8, 4) is 5.95 Å². The molecule has 0 saturated carbocycles. The highest BCUT2D eigenvalue weighted by atomic mass is 15.3. The van der Waals surface area contributed by atoms with Gasteiger partial charge in [-0.05, 0) is 19.4 Å². The molecule has 5 nitrogen and oxygen atoms in total. The molecule has 1 unspecified atom stereocenters. The number of nitrogens with zero attached hydrogens (tertiary/aromatic N) is 4. The van der Waals surface area contributed by atoms with Crippen molar-refractivity contribution in [1.29, 1.82) is 0 Å². The average molecular weight is 217 g/mol. The van der Waals surface area contributed by atoms with Gasteiger partial charge in [-0.2, -0.15) is 5.10 Å². The molecule has 16 heavy (non-hydrogen) atoms. The summed E-state index contributed by atoms with van der Waals surface area (Å²) >= 11 is 0. The number of anilines is 1. The minimum atomic E-state index is 0.439. The van der Waals surface area contributed by atoms with E-state index in [2.05, 4.69) is 34.2 Å². The Bertz CT molecular complexity index is 437. The summed E-state index contributed by atoms with van der Waals surface area (Å²) in [5.74, 6) is 0.583. The van der Waals surface area contributed by atoms with Gasteiger partial charge in [-0.15, -0.1) is 0 Å². The Labute approximate surface area is 94.5 Å². The molecule has 5 heteroatoms. The van der Waals surface area contributed by atoms with Crippen LogP contribution in [0.1, 0.15) is 20.3 Å². The highest BCUT2D eigenvalue weighted by Gasteiger charge is 2.04. The molecule has 2 aromatic rings. The normalized spacial score (nSPS) is 12.4. The molecule has 0 saturated heterocycles. The first-order valence-electron chi connectivity index (χ1n) is 5.38. The van der Waals surface area contributed by atoms with Gasteiger partial charge in [0.15, 0.2) is 0 Å². The fraction of sp³-hybridized carbons (Fsp3) is 0.364. The molecule has 0 aliphatic carbocycles. The lowest BCUT2D eigenvalue weighted by molar-refractivity contribution is 0.763. The number of nitrogens with one attached hydrogen (secondary N) is 1. The lowest BCUT2D eigenvalue weighted by atomic mass is 10.2. The Hall–Kier alpha value is -1.91. The summed E-state index contributed by atoms with van der Waals surface area (Å²) in [5, 5.41) is 7.55. The maximum Gasteiger partial charge on any atom is 0.250 e. The molecular weight excluding hydrogens is 202 g/mol. The van der Waals surface area contributed by atoms with Crippen LogP contribution in [0.3, 0.4) is 0 Å². The van der Waals surface area contributed by atoms with E-state index >= 15 is 0 Å². The van der Waals surface area contributed by atoms with Crippen molar-refractivity contribution in [1.82, 2.24) is 19.7 Å². The Kier molecular flexibility index (Phi) is 3.14. The fourth-order valence-electron chi connectivity index (χ4n) is 1.30. The fourth-order valence-corrected chi connectivity index (χ4v) is 1.30. The van der Waals surface area contributed by atoms with Crippen LogP contribution < -0.4 is 5.32 Å². The molecule has 0 aliphatic heterocycles. The zero-order valence-corrected chi connectivity index (χ0v) is 9.46. The maximum absolute atomic E-state index is 4.20. The zero-order valence-electron chi connectivity index (χ0n) is 9.46. The van der Waals surface area contributed by atoms with E-state index in [0.717, 1.165) is 12.1 Å². The van der Waals surface area contributed by atoms with Crippen LogP contribution >= 0.6 is 0 Å². The van der Waals surface area contributed by atoms with Crippen molar-refractivity contribution >= 4 is 5.69 Å². The summed E-state index contributed by atoms with van der Waals surface area (Å²) in [5.41, 5.74) is 0.988. The van der Waals surface area contributed by atoms with Gasteiger partial charge in [0.05, 0.1) is 18.1 Å². The zero-order chi connectivity index (χ0) is 11.4. The van der Waals surface area contributed by atoms with Crippen LogP contribution in [-0.4, -0.2) is 25.8 Å². The van der Waals surface area contributed by atoms with Gasteiger partial charge >= 0.3 is 0 Å². The summed E-state index contributed by atoms with van der Waals surface area (Å²) in [7, 11) is 0. The molecule has 0 aliphatic rings. The van der Waals surface area contributed by atoms with E-state index in [0.29, 0.717) is 12.0 Å². The van der Waals surface area contributed by atoms with Gasteiger partial charge in [-0.25, -0.2) is 14.6 Å². The van der Waals surface area contributed by atoms with Crippen molar-refractivity contribution in [3.05, 3.63) is 30.9 Å². The number of aromatic nitrogens is 4. The van der Waals surface area contributed by atoms with Gasteiger partial charge < -0.3 is 5.32 Å². The van der Waals surface area contributed by atoms with Crippen LogP contribution in [0.25, 0.3) is 5.95 Å². The topological polar surface area (TPSA) is 55.6 Å². The molecule has 2 heterocycles. The highest BCUT2D eigenvalue weighted by molar-refractivity contribution is 5.40. The van der Waals surface area contributed by atoms with Crippen LogP contribution in [-0.2, 0) is 0 Å². The lowest BCUT2D eigenvalue weighted by Crippen LogP contribution is -2.12. The molecule has 0 fully saturated rings. The van der Waals surface area contributed by atoms with Crippen LogP contribution in [0.4, 0.5) is 5.69 Å². The molecule has 2 aromatic heterocycles. The standard InChI is InChI=1S/C11H15N5/c1-3-9(2)15-10-7-14-16(8-10)11-12-5-4-6-13-11/h4-9,15H,3H2,1-2H3. The molecule has 2 rings (SSSR count). The summed E-state index contributed by atoms with van der Waals surface area (Å²) < 4.78 is 1.66. The van der Waals surface area contributed by atoms with Crippen molar-refractivity contribution in [2.45, 2.75) is 26.3 Å². The van der Waals surface area contributed by atoms with Gasteiger partial charge in [0.1, 0.15) is 0 Å². The molecule has 84 valence electrons. The minimum absolute atomic E-state index is 0.439. The van der Waals surface area contributed by atoms with Crippen molar-refractivity contribution < 1.29 is 0 Å². The van der Waals surface area contributed by atoms with Crippen LogP contribution in [0.5, 0.6) is 0 Å². The van der Waals surface area contributed by atoms with E-state index in [1.165, 1.54) is 0 Å². The molecule has 0 radical (unpaired) electrons. The maximum atomic E-state index is 4.20. The van der Waals surface area contributed by atoms with Crippen molar-refractivity contribution in [2.75, 3.05) is 5.32 Å². The molecule has 0 aromatic carbocycles. The first kappa shape index (κ1) is 10.6. The van der Waals surface area contributed by atoms with E-state index in [4.69, 9.17) is 0 Å². The molecule has 0 spiro atoms. The molecule has 0 bridgehead atoms. The van der Waals surface area contributed by atoms with Gasteiger partial charge in [-0.1, -0.05) is 6.92 Å². The Morgan fingerprint density at radius 2 is 2.12 bits per heavy atom. The number of hydrogen-bond acceptors (Lipinski definition) is 4. The summed E-state index contributed by atoms with van der Waals surface area (Å²) in [6.45, 7) is 4.28. The molecular formula is C11H15N5. The van der Waals surface area contributed by atoms with Gasteiger partial charge in [-0.3, -0.25) is 0 Å². The molecule has 1 N–H and O–H groups in total. The Balaban J connectivity index is 2.14. The average Bonchev–Trinajstić information content (AvgIpc) is 2.78. The van der Waals surface area contributed by atoms with Crippen LogP contribution in [0.15, 0.2) is 30.9 Å². The van der Waals surface area contributed by atoms with Crippen molar-refractivity contribution in [3.63, 3.8) is 0 Å².